The number of hydrogen-bond donors (Lipinski definition) is 2. The molecular formula is C12H9N5O9. The molecule has 14 nitrogen and oxygen atoms in total. The number of benzene rings is 2. The second kappa shape index (κ2) is 7.95. The molecule has 0 fully saturated rings. The van der Waals surface area contributed by atoms with Crippen LogP contribution in [0.3, 0.4) is 0 Å². The van der Waals surface area contributed by atoms with E-state index in [1.165, 1.54) is 36.4 Å². The lowest BCUT2D eigenvalue weighted by Crippen LogP contribution is -2.11. The fourth-order valence-electron chi connectivity index (χ4n) is 1.75. The first-order valence-electron chi connectivity index (χ1n) is 6.56. The lowest BCUT2D eigenvalue weighted by molar-refractivity contribution is -0.713. The third-order valence-corrected chi connectivity index (χ3v) is 2.63. The van der Waals surface area contributed by atoms with Crippen LogP contribution in [0, 0.1) is 30.3 Å². The molecule has 0 bridgehead atoms. The molecule has 0 aliphatic heterocycles. The molecule has 2 aromatic rings. The van der Waals surface area contributed by atoms with Gasteiger partial charge in [0.2, 0.25) is 0 Å². The van der Waals surface area contributed by atoms with Gasteiger partial charge in [-0.1, -0.05) is 0 Å². The summed E-state index contributed by atoms with van der Waals surface area (Å²) in [5, 5.41) is 27.9. The van der Waals surface area contributed by atoms with Gasteiger partial charge in [0.15, 0.2) is 0 Å². The van der Waals surface area contributed by atoms with Crippen molar-refractivity contribution >= 4 is 11.4 Å². The van der Waals surface area contributed by atoms with Crippen LogP contribution >= 0.6 is 0 Å². The third-order valence-electron chi connectivity index (χ3n) is 2.63. The van der Waals surface area contributed by atoms with Gasteiger partial charge in [-0.25, -0.2) is 0 Å². The summed E-state index contributed by atoms with van der Waals surface area (Å²) in [4.78, 5) is 43.8. The average Bonchev–Trinajstić information content (AvgIpc) is 2.52. The first-order chi connectivity index (χ1) is 12.3. The van der Waals surface area contributed by atoms with Gasteiger partial charge in [0.05, 0.1) is 11.4 Å². The highest BCUT2D eigenvalue weighted by Crippen LogP contribution is 2.27. The molecule has 0 amide bonds. The van der Waals surface area contributed by atoms with E-state index in [0.717, 1.165) is 6.07 Å². The van der Waals surface area contributed by atoms with Crippen LogP contribution in [0.15, 0.2) is 42.5 Å². The number of rotatable bonds is 9. The molecule has 14 heteroatoms. The highest BCUT2D eigenvalue weighted by atomic mass is 17.0. The van der Waals surface area contributed by atoms with E-state index in [2.05, 4.69) is 25.4 Å². The van der Waals surface area contributed by atoms with E-state index in [1.54, 1.807) is 0 Å². The van der Waals surface area contributed by atoms with Gasteiger partial charge in [0, 0.05) is 0 Å². The van der Waals surface area contributed by atoms with E-state index < -0.39 is 15.3 Å². The molecular weight excluding hydrogens is 358 g/mol. The summed E-state index contributed by atoms with van der Waals surface area (Å²) in [7, 11) is 0. The molecule has 0 saturated heterocycles. The minimum Gasteiger partial charge on any atom is -0.301 e. The van der Waals surface area contributed by atoms with Crippen molar-refractivity contribution in [1.29, 1.82) is 0 Å². The normalized spacial score (nSPS) is 9.69. The Morgan fingerprint density at radius 2 is 1.04 bits per heavy atom. The lowest BCUT2D eigenvalue weighted by Gasteiger charge is -2.12. The Labute approximate surface area is 143 Å². The SMILES string of the molecule is O=[N+]([O-])Oc1ccc(NNc2cc(O[N+](=O)[O-])cc(O[N+](=O)[O-])c2)cc1. The van der Waals surface area contributed by atoms with Crippen molar-refractivity contribution in [3.05, 3.63) is 72.8 Å². The Morgan fingerprint density at radius 3 is 1.50 bits per heavy atom. The van der Waals surface area contributed by atoms with Crippen LogP contribution in [0.4, 0.5) is 11.4 Å². The number of anilines is 2. The minimum atomic E-state index is -1.09. The zero-order chi connectivity index (χ0) is 19.1. The Morgan fingerprint density at radius 1 is 0.615 bits per heavy atom. The van der Waals surface area contributed by atoms with Gasteiger partial charge in [-0.05, 0) is 42.5 Å². The van der Waals surface area contributed by atoms with Crippen molar-refractivity contribution in [3.63, 3.8) is 0 Å². The summed E-state index contributed by atoms with van der Waals surface area (Å²) < 4.78 is 0. The first-order valence-corrected chi connectivity index (χ1v) is 6.56. The second-order valence-corrected chi connectivity index (χ2v) is 4.41. The molecule has 0 heterocycles. The molecule has 2 aromatic carbocycles. The molecule has 0 atom stereocenters. The highest BCUT2D eigenvalue weighted by molar-refractivity contribution is 5.58. The van der Waals surface area contributed by atoms with Gasteiger partial charge in [0.25, 0.3) is 15.3 Å². The van der Waals surface area contributed by atoms with E-state index in [-0.39, 0.29) is 22.9 Å². The summed E-state index contributed by atoms with van der Waals surface area (Å²) in [6.45, 7) is 0. The fraction of sp³-hybridized carbons (Fsp3) is 0. The maximum atomic E-state index is 10.4. The smallest absolute Gasteiger partial charge is 0.299 e. The van der Waals surface area contributed by atoms with E-state index in [1.807, 2.05) is 0 Å². The zero-order valence-electron chi connectivity index (χ0n) is 12.6. The molecule has 136 valence electrons. The summed E-state index contributed by atoms with van der Waals surface area (Å²) in [6, 6.07) is 8.86. The van der Waals surface area contributed by atoms with Gasteiger partial charge < -0.3 is 10.9 Å². The molecule has 0 aromatic heterocycles. The number of nitrogens with one attached hydrogen (secondary N) is 2. The van der Waals surface area contributed by atoms with Crippen molar-refractivity contribution in [2.45, 2.75) is 0 Å². The summed E-state index contributed by atoms with van der Waals surface area (Å²) in [5.41, 5.74) is 5.88. The summed E-state index contributed by atoms with van der Waals surface area (Å²) in [5.74, 6) is -0.620. The van der Waals surface area contributed by atoms with Gasteiger partial charge in [-0.2, -0.15) is 0 Å². The Balaban J connectivity index is 2.10. The first kappa shape index (κ1) is 18.0. The predicted molar refractivity (Wildman–Crippen MR) is 83.0 cm³/mol. The van der Waals surface area contributed by atoms with Crippen LogP contribution in [0.1, 0.15) is 0 Å². The molecule has 0 aliphatic carbocycles. The maximum Gasteiger partial charge on any atom is 0.299 e. The molecule has 0 aliphatic rings. The van der Waals surface area contributed by atoms with Crippen molar-refractivity contribution in [1.82, 2.24) is 0 Å². The largest absolute Gasteiger partial charge is 0.301 e. The number of nitrogens with zero attached hydrogens (tertiary/aromatic N) is 3. The zero-order valence-corrected chi connectivity index (χ0v) is 12.6. The predicted octanol–water partition coefficient (Wildman–Crippen LogP) is 1.84. The Kier molecular flexibility index (Phi) is 5.50. The molecule has 2 rings (SSSR count). The number of hydrogen-bond acceptors (Lipinski definition) is 11. The van der Waals surface area contributed by atoms with Crippen molar-refractivity contribution in [2.75, 3.05) is 10.9 Å². The third kappa shape index (κ3) is 5.69. The molecule has 0 radical (unpaired) electrons. The van der Waals surface area contributed by atoms with Crippen molar-refractivity contribution in [2.24, 2.45) is 0 Å². The van der Waals surface area contributed by atoms with Crippen LogP contribution in [0.25, 0.3) is 0 Å². The summed E-state index contributed by atoms with van der Waals surface area (Å²) >= 11 is 0. The maximum absolute atomic E-state index is 10.4. The van der Waals surface area contributed by atoms with Gasteiger partial charge >= 0.3 is 0 Å². The lowest BCUT2D eigenvalue weighted by atomic mass is 10.3. The fourth-order valence-corrected chi connectivity index (χ4v) is 1.75. The van der Waals surface area contributed by atoms with E-state index in [9.17, 15) is 30.3 Å². The molecule has 2 N–H and O–H groups in total. The highest BCUT2D eigenvalue weighted by Gasteiger charge is 2.08. The second-order valence-electron chi connectivity index (χ2n) is 4.41. The van der Waals surface area contributed by atoms with Crippen LogP contribution in [-0.2, 0) is 0 Å². The molecule has 26 heavy (non-hydrogen) atoms. The van der Waals surface area contributed by atoms with Crippen molar-refractivity contribution < 1.29 is 29.8 Å². The van der Waals surface area contributed by atoms with E-state index in [4.69, 9.17) is 0 Å². The van der Waals surface area contributed by atoms with E-state index >= 15 is 0 Å². The Bertz CT molecular complexity index is 792. The van der Waals surface area contributed by atoms with Crippen molar-refractivity contribution in [3.8, 4) is 17.2 Å². The molecule has 0 saturated carbocycles. The topological polar surface area (TPSA) is 181 Å². The van der Waals surface area contributed by atoms with Crippen LogP contribution in [0.2, 0.25) is 0 Å². The molecule has 0 spiro atoms. The van der Waals surface area contributed by atoms with Gasteiger partial charge in [-0.15, -0.1) is 30.3 Å². The minimum absolute atomic E-state index is 0.00333. The van der Waals surface area contributed by atoms with Crippen LogP contribution < -0.4 is 25.4 Å². The summed E-state index contributed by atoms with van der Waals surface area (Å²) in [6.07, 6.45) is 0. The Hall–Kier alpha value is -4.36. The van der Waals surface area contributed by atoms with Crippen LogP contribution in [-0.4, -0.2) is 15.3 Å². The molecule has 0 unspecified atom stereocenters. The van der Waals surface area contributed by atoms with Gasteiger partial charge in [0.1, 0.15) is 17.2 Å². The van der Waals surface area contributed by atoms with E-state index in [0.29, 0.717) is 5.69 Å². The number of hydrazine groups is 1. The van der Waals surface area contributed by atoms with Gasteiger partial charge in [-0.3, -0.25) is 14.5 Å². The van der Waals surface area contributed by atoms with Crippen LogP contribution in [0.5, 0.6) is 17.2 Å². The monoisotopic (exact) mass is 367 g/mol. The average molecular weight is 367 g/mol. The standard InChI is InChI=1S/C12H9N5O9/c18-15(19)24-10-3-1-8(2-4-10)13-14-9-5-11(25-16(20)21)7-12(6-9)26-17(22)23/h1-7,13-14H. The quantitative estimate of drug-likeness (QED) is 0.487.